The lowest BCUT2D eigenvalue weighted by atomic mass is 10.1. The van der Waals surface area contributed by atoms with Gasteiger partial charge in [-0.05, 0) is 61.0 Å². The van der Waals surface area contributed by atoms with Crippen molar-refractivity contribution >= 4 is 11.9 Å². The van der Waals surface area contributed by atoms with Crippen LogP contribution in [0.15, 0.2) is 83.5 Å². The Kier molecular flexibility index (Phi) is 4.34. The topological polar surface area (TPSA) is 48.0 Å². The largest absolute Gasteiger partial charge is 0.465 e. The lowest BCUT2D eigenvalue weighted by Crippen LogP contribution is -1.96. The quantitative estimate of drug-likeness (QED) is 0.401. The van der Waals surface area contributed by atoms with E-state index in [4.69, 9.17) is 4.42 Å². The van der Waals surface area contributed by atoms with E-state index in [2.05, 4.69) is 4.98 Å². The Labute approximate surface area is 134 Å². The Bertz CT molecular complexity index is 824. The first-order valence-corrected chi connectivity index (χ1v) is 7.25. The van der Waals surface area contributed by atoms with Crippen LogP contribution in [0.3, 0.4) is 0 Å². The number of nitrogens with zero attached hydrogens (tertiary/aromatic N) is 2. The maximum atomic E-state index is 12.2. The van der Waals surface area contributed by atoms with Crippen LogP contribution in [0.25, 0.3) is 11.8 Å². The van der Waals surface area contributed by atoms with Crippen molar-refractivity contribution < 1.29 is 9.21 Å². The molecule has 0 bridgehead atoms. The fourth-order valence-corrected chi connectivity index (χ4v) is 2.16. The molecule has 0 aliphatic carbocycles. The van der Waals surface area contributed by atoms with Crippen molar-refractivity contribution in [1.29, 1.82) is 0 Å². The third kappa shape index (κ3) is 3.74. The lowest BCUT2D eigenvalue weighted by Gasteiger charge is -2.02. The molecule has 2 aromatic heterocycles. The number of benzene rings is 1. The summed E-state index contributed by atoms with van der Waals surface area (Å²) in [5.74, 6) is 0.735. The standard InChI is InChI=1S/C19H16N2O2/c1-15(13-18-3-2-12-23-18)4-9-19(22)16-5-7-17(8-6-16)21-11-10-20-14-21/h2-14H,1H3/b9-4+,15-13+. The maximum Gasteiger partial charge on any atom is 0.185 e. The highest BCUT2D eigenvalue weighted by Crippen LogP contribution is 2.12. The summed E-state index contributed by atoms with van der Waals surface area (Å²) in [5, 5.41) is 0. The Morgan fingerprint density at radius 1 is 1.17 bits per heavy atom. The third-order valence-corrected chi connectivity index (χ3v) is 3.37. The second-order valence-electron chi connectivity index (χ2n) is 5.12. The summed E-state index contributed by atoms with van der Waals surface area (Å²) in [6.45, 7) is 1.93. The predicted octanol–water partition coefficient (Wildman–Crippen LogP) is 4.31. The molecule has 4 heteroatoms. The Balaban J connectivity index is 1.69. The van der Waals surface area contributed by atoms with Gasteiger partial charge in [0.1, 0.15) is 5.76 Å². The fourth-order valence-electron chi connectivity index (χ4n) is 2.16. The zero-order chi connectivity index (χ0) is 16.1. The minimum atomic E-state index is -0.0330. The average Bonchev–Trinajstić information content (AvgIpc) is 3.26. The van der Waals surface area contributed by atoms with Crippen molar-refractivity contribution in [2.75, 3.05) is 0 Å². The van der Waals surface area contributed by atoms with Crippen molar-refractivity contribution in [2.45, 2.75) is 6.92 Å². The van der Waals surface area contributed by atoms with E-state index >= 15 is 0 Å². The van der Waals surface area contributed by atoms with Gasteiger partial charge in [0.2, 0.25) is 0 Å². The number of hydrogen-bond donors (Lipinski definition) is 0. The van der Waals surface area contributed by atoms with Crippen LogP contribution in [-0.2, 0) is 0 Å². The molecule has 0 saturated carbocycles. The first-order valence-electron chi connectivity index (χ1n) is 7.25. The zero-order valence-corrected chi connectivity index (χ0v) is 12.7. The van der Waals surface area contributed by atoms with Gasteiger partial charge in [-0.2, -0.15) is 0 Å². The smallest absolute Gasteiger partial charge is 0.185 e. The van der Waals surface area contributed by atoms with Gasteiger partial charge in [-0.1, -0.05) is 6.08 Å². The van der Waals surface area contributed by atoms with Gasteiger partial charge in [-0.15, -0.1) is 0 Å². The predicted molar refractivity (Wildman–Crippen MR) is 89.4 cm³/mol. The third-order valence-electron chi connectivity index (χ3n) is 3.37. The molecule has 0 N–H and O–H groups in total. The molecule has 0 aliphatic heterocycles. The number of carbonyl (C=O) groups excluding carboxylic acids is 1. The van der Waals surface area contributed by atoms with Crippen LogP contribution in [0, 0.1) is 0 Å². The number of allylic oxidation sites excluding steroid dienone is 3. The summed E-state index contributed by atoms with van der Waals surface area (Å²) < 4.78 is 7.13. The van der Waals surface area contributed by atoms with E-state index in [0.29, 0.717) is 5.56 Å². The van der Waals surface area contributed by atoms with Crippen molar-refractivity contribution in [3.05, 3.63) is 90.4 Å². The van der Waals surface area contributed by atoms with E-state index < -0.39 is 0 Å². The van der Waals surface area contributed by atoms with Gasteiger partial charge in [0.05, 0.1) is 12.6 Å². The number of hydrogen-bond acceptors (Lipinski definition) is 3. The number of carbonyl (C=O) groups is 1. The first-order chi connectivity index (χ1) is 11.2. The van der Waals surface area contributed by atoms with E-state index in [1.807, 2.05) is 60.2 Å². The normalized spacial score (nSPS) is 12.0. The minimum Gasteiger partial charge on any atom is -0.465 e. The Morgan fingerprint density at radius 3 is 2.65 bits per heavy atom. The molecule has 0 amide bonds. The monoisotopic (exact) mass is 304 g/mol. The number of imidazole rings is 1. The molecule has 23 heavy (non-hydrogen) atoms. The van der Waals surface area contributed by atoms with E-state index in [0.717, 1.165) is 17.0 Å². The summed E-state index contributed by atoms with van der Waals surface area (Å²) in [6.07, 6.45) is 12.2. The van der Waals surface area contributed by atoms with Gasteiger partial charge < -0.3 is 8.98 Å². The molecule has 0 radical (unpaired) electrons. The summed E-state index contributed by atoms with van der Waals surface area (Å²) in [5.41, 5.74) is 2.57. The van der Waals surface area contributed by atoms with Crippen LogP contribution in [0.1, 0.15) is 23.0 Å². The van der Waals surface area contributed by atoms with Crippen molar-refractivity contribution in [2.24, 2.45) is 0 Å². The van der Waals surface area contributed by atoms with Gasteiger partial charge >= 0.3 is 0 Å². The highest BCUT2D eigenvalue weighted by molar-refractivity contribution is 6.04. The second kappa shape index (κ2) is 6.75. The highest BCUT2D eigenvalue weighted by atomic mass is 16.3. The molecule has 1 aromatic carbocycles. The van der Waals surface area contributed by atoms with Gasteiger partial charge in [0.15, 0.2) is 5.78 Å². The fraction of sp³-hybridized carbons (Fsp3) is 0.0526. The number of furan rings is 1. The summed E-state index contributed by atoms with van der Waals surface area (Å²) >= 11 is 0. The second-order valence-corrected chi connectivity index (χ2v) is 5.12. The number of ketones is 1. The van der Waals surface area contributed by atoms with Crippen molar-refractivity contribution in [3.8, 4) is 5.69 Å². The van der Waals surface area contributed by atoms with Crippen LogP contribution >= 0.6 is 0 Å². The van der Waals surface area contributed by atoms with E-state index in [1.54, 1.807) is 30.9 Å². The van der Waals surface area contributed by atoms with Crippen molar-refractivity contribution in [1.82, 2.24) is 9.55 Å². The zero-order valence-electron chi connectivity index (χ0n) is 12.7. The molecule has 114 valence electrons. The van der Waals surface area contributed by atoms with Crippen molar-refractivity contribution in [3.63, 3.8) is 0 Å². The minimum absolute atomic E-state index is 0.0330. The van der Waals surface area contributed by atoms with Gasteiger partial charge in [-0.25, -0.2) is 4.98 Å². The molecular weight excluding hydrogens is 288 g/mol. The van der Waals surface area contributed by atoms with Crippen LogP contribution in [0.5, 0.6) is 0 Å². The maximum absolute atomic E-state index is 12.2. The highest BCUT2D eigenvalue weighted by Gasteiger charge is 2.02. The van der Waals surface area contributed by atoms with E-state index in [1.165, 1.54) is 0 Å². The van der Waals surface area contributed by atoms with Gasteiger partial charge in [0, 0.05) is 23.6 Å². The molecule has 0 atom stereocenters. The Hall–Kier alpha value is -3.14. The molecule has 4 nitrogen and oxygen atoms in total. The molecule has 2 heterocycles. The molecule has 0 saturated heterocycles. The van der Waals surface area contributed by atoms with Crippen LogP contribution < -0.4 is 0 Å². The van der Waals surface area contributed by atoms with Crippen LogP contribution in [0.4, 0.5) is 0 Å². The summed E-state index contributed by atoms with van der Waals surface area (Å²) in [6, 6.07) is 11.1. The average molecular weight is 304 g/mol. The molecule has 0 unspecified atom stereocenters. The molecule has 0 fully saturated rings. The van der Waals surface area contributed by atoms with E-state index in [9.17, 15) is 4.79 Å². The summed E-state index contributed by atoms with van der Waals surface area (Å²) in [7, 11) is 0. The molecule has 0 spiro atoms. The van der Waals surface area contributed by atoms with Crippen LogP contribution in [0.2, 0.25) is 0 Å². The molecular formula is C19H16N2O2. The SMILES string of the molecule is CC(/C=C/C(=O)c1ccc(-n2ccnc2)cc1)=C\c1ccco1. The molecule has 0 aliphatic rings. The Morgan fingerprint density at radius 2 is 2.00 bits per heavy atom. The first kappa shape index (κ1) is 14.8. The van der Waals surface area contributed by atoms with Gasteiger partial charge in [-0.3, -0.25) is 4.79 Å². The van der Waals surface area contributed by atoms with E-state index in [-0.39, 0.29) is 5.78 Å². The lowest BCUT2D eigenvalue weighted by molar-refractivity contribution is 0.104. The number of aromatic nitrogens is 2. The molecule has 3 rings (SSSR count). The van der Waals surface area contributed by atoms with Gasteiger partial charge in [0.25, 0.3) is 0 Å². The molecule has 3 aromatic rings. The summed E-state index contributed by atoms with van der Waals surface area (Å²) in [4.78, 5) is 16.2. The number of rotatable bonds is 5. The van der Waals surface area contributed by atoms with Crippen LogP contribution in [-0.4, -0.2) is 15.3 Å².